The molecule has 4 rings (SSSR count). The Morgan fingerprint density at radius 3 is 2.03 bits per heavy atom. The second-order valence-electron chi connectivity index (χ2n) is 8.50. The van der Waals surface area contributed by atoms with Crippen molar-refractivity contribution in [2.75, 3.05) is 20.3 Å². The first kappa shape index (κ1) is 26.1. The van der Waals surface area contributed by atoms with E-state index in [4.69, 9.17) is 28.4 Å². The van der Waals surface area contributed by atoms with Gasteiger partial charge in [0, 0.05) is 6.61 Å². The fraction of sp³-hybridized carbons (Fsp3) is 0.379. The molecule has 0 amide bonds. The highest BCUT2D eigenvalue weighted by Gasteiger charge is 2.49. The number of aliphatic hydroxyl groups is 1. The molecule has 36 heavy (non-hydrogen) atoms. The third kappa shape index (κ3) is 7.06. The summed E-state index contributed by atoms with van der Waals surface area (Å²) in [5, 5.41) is 11.0. The molecular formula is C29H34O7. The van der Waals surface area contributed by atoms with Gasteiger partial charge in [-0.05, 0) is 42.3 Å². The van der Waals surface area contributed by atoms with Gasteiger partial charge in [-0.3, -0.25) is 0 Å². The standard InChI is InChI=1S/C29H34O7/c1-3-32-29-26(30)28(35-19-22-12-8-5-9-13-22)27(36-29)25(34-18-21-10-6-4-7-11-21)20-33-24-16-14-23(31-2)15-17-24/h4-17,25-30H,3,18-20H2,1-2H3/t25-,26-,27-,28-,29?/m1/s1. The van der Waals surface area contributed by atoms with Gasteiger partial charge in [-0.1, -0.05) is 60.7 Å². The molecule has 0 aromatic heterocycles. The molecule has 0 spiro atoms. The molecule has 1 aliphatic heterocycles. The van der Waals surface area contributed by atoms with E-state index in [9.17, 15) is 5.11 Å². The zero-order valence-corrected chi connectivity index (χ0v) is 20.7. The highest BCUT2D eigenvalue weighted by molar-refractivity contribution is 5.31. The van der Waals surface area contributed by atoms with Crippen molar-refractivity contribution in [3.05, 3.63) is 96.1 Å². The Morgan fingerprint density at radius 1 is 0.806 bits per heavy atom. The molecule has 192 valence electrons. The highest BCUT2D eigenvalue weighted by atomic mass is 16.7. The average molecular weight is 495 g/mol. The van der Waals surface area contributed by atoms with Gasteiger partial charge in [-0.25, -0.2) is 0 Å². The zero-order chi connectivity index (χ0) is 25.2. The van der Waals surface area contributed by atoms with Crippen LogP contribution in [0, 0.1) is 0 Å². The molecule has 0 radical (unpaired) electrons. The Kier molecular flexibility index (Phi) is 9.72. The first-order valence-electron chi connectivity index (χ1n) is 12.2. The summed E-state index contributed by atoms with van der Waals surface area (Å²) >= 11 is 0. The maximum absolute atomic E-state index is 11.0. The van der Waals surface area contributed by atoms with Crippen LogP contribution < -0.4 is 9.47 Å². The van der Waals surface area contributed by atoms with Crippen molar-refractivity contribution in [1.29, 1.82) is 0 Å². The minimum atomic E-state index is -0.970. The molecule has 1 heterocycles. The molecule has 5 atom stereocenters. The molecule has 0 saturated carbocycles. The van der Waals surface area contributed by atoms with E-state index in [1.165, 1.54) is 0 Å². The van der Waals surface area contributed by atoms with Crippen LogP contribution in [0.5, 0.6) is 11.5 Å². The summed E-state index contributed by atoms with van der Waals surface area (Å²) in [5.74, 6) is 1.42. The van der Waals surface area contributed by atoms with Crippen LogP contribution in [0.15, 0.2) is 84.9 Å². The summed E-state index contributed by atoms with van der Waals surface area (Å²) in [4.78, 5) is 0. The molecule has 0 bridgehead atoms. The summed E-state index contributed by atoms with van der Waals surface area (Å²) < 4.78 is 35.6. The minimum Gasteiger partial charge on any atom is -0.497 e. The van der Waals surface area contributed by atoms with Crippen LogP contribution >= 0.6 is 0 Å². The van der Waals surface area contributed by atoms with Gasteiger partial charge in [0.15, 0.2) is 6.29 Å². The Balaban J connectivity index is 1.51. The SMILES string of the molecule is CCOC1O[C@H]([C@@H](COc2ccc(OC)cc2)OCc2ccccc2)[C@H](OCc2ccccc2)[C@H]1O. The van der Waals surface area contributed by atoms with Crippen LogP contribution in [-0.4, -0.2) is 56.1 Å². The van der Waals surface area contributed by atoms with Crippen LogP contribution in [-0.2, 0) is 32.2 Å². The lowest BCUT2D eigenvalue weighted by Gasteiger charge is -2.28. The average Bonchev–Trinajstić information content (AvgIpc) is 3.23. The Bertz CT molecular complexity index is 1010. The zero-order valence-electron chi connectivity index (χ0n) is 20.7. The topological polar surface area (TPSA) is 75.6 Å². The number of rotatable bonds is 13. The van der Waals surface area contributed by atoms with Crippen molar-refractivity contribution in [3.8, 4) is 11.5 Å². The summed E-state index contributed by atoms with van der Waals surface area (Å²) in [6.45, 7) is 3.14. The summed E-state index contributed by atoms with van der Waals surface area (Å²) in [6, 6.07) is 27.1. The predicted molar refractivity (Wildman–Crippen MR) is 135 cm³/mol. The van der Waals surface area contributed by atoms with Crippen molar-refractivity contribution < 1.29 is 33.5 Å². The number of benzene rings is 3. The first-order valence-corrected chi connectivity index (χ1v) is 12.2. The summed E-state index contributed by atoms with van der Waals surface area (Å²) in [5.41, 5.74) is 2.02. The Morgan fingerprint density at radius 2 is 1.42 bits per heavy atom. The molecule has 0 aliphatic carbocycles. The lowest BCUT2D eigenvalue weighted by Crippen LogP contribution is -2.44. The lowest BCUT2D eigenvalue weighted by molar-refractivity contribution is -0.185. The van der Waals surface area contributed by atoms with Gasteiger partial charge in [-0.2, -0.15) is 0 Å². The minimum absolute atomic E-state index is 0.195. The van der Waals surface area contributed by atoms with Crippen LogP contribution in [0.2, 0.25) is 0 Å². The molecule has 1 saturated heterocycles. The van der Waals surface area contributed by atoms with Crippen molar-refractivity contribution >= 4 is 0 Å². The normalized spacial score (nSPS) is 22.3. The van der Waals surface area contributed by atoms with Crippen LogP contribution in [0.1, 0.15) is 18.1 Å². The lowest BCUT2D eigenvalue weighted by atomic mass is 10.1. The quantitative estimate of drug-likeness (QED) is 0.378. The van der Waals surface area contributed by atoms with E-state index in [2.05, 4.69) is 0 Å². The van der Waals surface area contributed by atoms with Gasteiger partial charge < -0.3 is 33.5 Å². The van der Waals surface area contributed by atoms with E-state index in [0.29, 0.717) is 25.6 Å². The van der Waals surface area contributed by atoms with Crippen LogP contribution in [0.25, 0.3) is 0 Å². The van der Waals surface area contributed by atoms with Gasteiger partial charge in [-0.15, -0.1) is 0 Å². The van der Waals surface area contributed by atoms with E-state index < -0.39 is 30.7 Å². The van der Waals surface area contributed by atoms with Crippen LogP contribution in [0.4, 0.5) is 0 Å². The van der Waals surface area contributed by atoms with Gasteiger partial charge in [0.1, 0.15) is 42.5 Å². The van der Waals surface area contributed by atoms with Gasteiger partial charge in [0.05, 0.1) is 20.3 Å². The highest BCUT2D eigenvalue weighted by Crippen LogP contribution is 2.30. The number of aliphatic hydroxyl groups excluding tert-OH is 1. The monoisotopic (exact) mass is 494 g/mol. The Hall–Kier alpha value is -2.94. The number of hydrogen-bond acceptors (Lipinski definition) is 7. The molecule has 7 nitrogen and oxygen atoms in total. The third-order valence-corrected chi connectivity index (χ3v) is 5.99. The van der Waals surface area contributed by atoms with Gasteiger partial charge in [0.25, 0.3) is 0 Å². The molecule has 1 N–H and O–H groups in total. The summed E-state index contributed by atoms with van der Waals surface area (Å²) in [7, 11) is 1.62. The maximum Gasteiger partial charge on any atom is 0.186 e. The van der Waals surface area contributed by atoms with Crippen molar-refractivity contribution in [2.45, 2.75) is 50.8 Å². The Labute approximate surface area is 212 Å². The number of hydrogen-bond donors (Lipinski definition) is 1. The second-order valence-corrected chi connectivity index (χ2v) is 8.50. The van der Waals surface area contributed by atoms with Crippen molar-refractivity contribution in [2.24, 2.45) is 0 Å². The van der Waals surface area contributed by atoms with Crippen molar-refractivity contribution in [3.63, 3.8) is 0 Å². The number of ether oxygens (including phenoxy) is 6. The fourth-order valence-electron chi connectivity index (χ4n) is 4.09. The van der Waals surface area contributed by atoms with Crippen molar-refractivity contribution in [1.82, 2.24) is 0 Å². The molecule has 1 aliphatic rings. The summed E-state index contributed by atoms with van der Waals surface area (Å²) in [6.07, 6.45) is -3.59. The molecule has 1 fully saturated rings. The third-order valence-electron chi connectivity index (χ3n) is 5.99. The molecule has 3 aromatic rings. The largest absolute Gasteiger partial charge is 0.497 e. The van der Waals surface area contributed by atoms with E-state index in [1.54, 1.807) is 7.11 Å². The second kappa shape index (κ2) is 13.4. The smallest absolute Gasteiger partial charge is 0.186 e. The predicted octanol–water partition coefficient (Wildman–Crippen LogP) is 4.37. The molecule has 1 unspecified atom stereocenters. The maximum atomic E-state index is 11.0. The van der Waals surface area contributed by atoms with Crippen LogP contribution in [0.3, 0.4) is 0 Å². The molecular weight excluding hydrogens is 460 g/mol. The van der Waals surface area contributed by atoms with E-state index >= 15 is 0 Å². The van der Waals surface area contributed by atoms with E-state index in [1.807, 2.05) is 91.9 Å². The fourth-order valence-corrected chi connectivity index (χ4v) is 4.09. The van der Waals surface area contributed by atoms with Gasteiger partial charge >= 0.3 is 0 Å². The molecule has 3 aromatic carbocycles. The number of methoxy groups -OCH3 is 1. The first-order chi connectivity index (χ1) is 17.7. The van der Waals surface area contributed by atoms with E-state index in [0.717, 1.165) is 16.9 Å². The molecule has 7 heteroatoms. The van der Waals surface area contributed by atoms with Gasteiger partial charge in [0.2, 0.25) is 0 Å². The van der Waals surface area contributed by atoms with E-state index in [-0.39, 0.29) is 6.61 Å².